The van der Waals surface area contributed by atoms with E-state index in [4.69, 9.17) is 10.2 Å². The second kappa shape index (κ2) is 13.7. The number of unbranched alkanes of at least 4 members (excludes halogenated alkanes) is 1. The van der Waals surface area contributed by atoms with Gasteiger partial charge in [-0.3, -0.25) is 0 Å². The average molecular weight is 191 g/mol. The second-order valence-corrected chi connectivity index (χ2v) is 2.09. The van der Waals surface area contributed by atoms with Crippen molar-refractivity contribution in [2.45, 2.75) is 19.8 Å². The maximum Gasteiger partial charge on any atom is 0.348 e. The van der Waals surface area contributed by atoms with E-state index in [-0.39, 0.29) is 13.2 Å². The Bertz CT molecular complexity index is 132. The van der Waals surface area contributed by atoms with Crippen molar-refractivity contribution in [2.24, 2.45) is 5.90 Å². The molecule has 5 heteroatoms. The Labute approximate surface area is 77.8 Å². The molecule has 0 spiro atoms. The summed E-state index contributed by atoms with van der Waals surface area (Å²) < 4.78 is 0. The van der Waals surface area contributed by atoms with E-state index in [9.17, 15) is 4.79 Å². The molecule has 4 N–H and O–H groups in total. The van der Waals surface area contributed by atoms with Gasteiger partial charge in [-0.05, 0) is 19.8 Å². The molecule has 0 aliphatic carbocycles. The summed E-state index contributed by atoms with van der Waals surface area (Å²) in [5.74, 6) is 3.93. The molecule has 0 aliphatic heterocycles. The molecule has 0 aromatic carbocycles. The number of hydrogen-bond acceptors (Lipinski definition) is 5. The Morgan fingerprint density at radius 1 is 1.38 bits per heavy atom. The average Bonchev–Trinajstić information content (AvgIpc) is 2.16. The molecule has 0 radical (unpaired) electrons. The van der Waals surface area contributed by atoms with Gasteiger partial charge in [-0.15, -0.1) is 0 Å². The highest BCUT2D eigenvalue weighted by atomic mass is 16.7. The lowest BCUT2D eigenvalue weighted by Gasteiger charge is -1.85. The van der Waals surface area contributed by atoms with Crippen molar-refractivity contribution in [3.05, 3.63) is 12.2 Å². The molecule has 0 unspecified atom stereocenters. The Hall–Kier alpha value is -0.910. The van der Waals surface area contributed by atoms with E-state index in [1.54, 1.807) is 13.0 Å². The molecule has 0 aliphatic rings. The fourth-order valence-electron chi connectivity index (χ4n) is 0.399. The first-order chi connectivity index (χ1) is 6.22. The SMILES string of the molecule is C/C=C/C(=O)ON.OCCCCO. The van der Waals surface area contributed by atoms with Crippen molar-refractivity contribution >= 4 is 5.97 Å². The smallest absolute Gasteiger partial charge is 0.348 e. The molecule has 0 heterocycles. The zero-order chi connectivity index (χ0) is 10.5. The zero-order valence-corrected chi connectivity index (χ0v) is 7.77. The van der Waals surface area contributed by atoms with Crippen LogP contribution in [-0.2, 0) is 9.63 Å². The third kappa shape index (κ3) is 18.2. The van der Waals surface area contributed by atoms with Crippen LogP contribution in [0, 0.1) is 0 Å². The molecule has 0 saturated carbocycles. The summed E-state index contributed by atoms with van der Waals surface area (Å²) in [6.45, 7) is 2.10. The molecular formula is C8H17NO4. The maximum atomic E-state index is 9.98. The van der Waals surface area contributed by atoms with E-state index in [1.165, 1.54) is 6.08 Å². The molecule has 0 aromatic heterocycles. The van der Waals surface area contributed by atoms with Crippen molar-refractivity contribution < 1.29 is 19.8 Å². The lowest BCUT2D eigenvalue weighted by molar-refractivity contribution is -0.138. The van der Waals surface area contributed by atoms with Gasteiger partial charge in [0, 0.05) is 19.3 Å². The third-order valence-electron chi connectivity index (χ3n) is 0.985. The minimum atomic E-state index is -0.525. The number of allylic oxidation sites excluding steroid dienone is 1. The highest BCUT2D eigenvalue weighted by molar-refractivity contribution is 5.81. The van der Waals surface area contributed by atoms with Crippen LogP contribution in [0.1, 0.15) is 19.8 Å². The predicted molar refractivity (Wildman–Crippen MR) is 48.5 cm³/mol. The first-order valence-electron chi connectivity index (χ1n) is 3.98. The Morgan fingerprint density at radius 2 is 1.85 bits per heavy atom. The van der Waals surface area contributed by atoms with Gasteiger partial charge in [-0.25, -0.2) is 4.79 Å². The van der Waals surface area contributed by atoms with E-state index in [2.05, 4.69) is 10.7 Å². The fourth-order valence-corrected chi connectivity index (χ4v) is 0.399. The van der Waals surface area contributed by atoms with Gasteiger partial charge < -0.3 is 15.1 Å². The number of aliphatic hydroxyl groups excluding tert-OH is 2. The molecule has 0 amide bonds. The molecule has 0 rings (SSSR count). The Morgan fingerprint density at radius 3 is 2.00 bits per heavy atom. The van der Waals surface area contributed by atoms with Crippen molar-refractivity contribution in [3.63, 3.8) is 0 Å². The molecule has 5 nitrogen and oxygen atoms in total. The molecule has 0 fully saturated rings. The van der Waals surface area contributed by atoms with E-state index in [1.807, 2.05) is 0 Å². The van der Waals surface area contributed by atoms with Crippen LogP contribution in [0.25, 0.3) is 0 Å². The fraction of sp³-hybridized carbons (Fsp3) is 0.625. The number of rotatable bonds is 4. The summed E-state index contributed by atoms with van der Waals surface area (Å²) in [5, 5.41) is 16.2. The Balaban J connectivity index is 0. The van der Waals surface area contributed by atoms with E-state index in [0.717, 1.165) is 12.8 Å². The van der Waals surface area contributed by atoms with Crippen LogP contribution in [0.5, 0.6) is 0 Å². The molecule has 13 heavy (non-hydrogen) atoms. The minimum absolute atomic E-state index is 0.195. The van der Waals surface area contributed by atoms with Crippen LogP contribution in [0.15, 0.2) is 12.2 Å². The summed E-state index contributed by atoms with van der Waals surface area (Å²) in [5.41, 5.74) is 0. The summed E-state index contributed by atoms with van der Waals surface area (Å²) in [6, 6.07) is 0. The first kappa shape index (κ1) is 14.6. The molecule has 78 valence electrons. The van der Waals surface area contributed by atoms with E-state index in [0.29, 0.717) is 0 Å². The molecule has 0 atom stereocenters. The van der Waals surface area contributed by atoms with Gasteiger partial charge >= 0.3 is 5.97 Å². The number of hydrogen-bond donors (Lipinski definition) is 3. The highest BCUT2D eigenvalue weighted by Crippen LogP contribution is 1.80. The molecule has 0 saturated heterocycles. The maximum absolute atomic E-state index is 9.98. The van der Waals surface area contributed by atoms with Gasteiger partial charge in [0.05, 0.1) is 0 Å². The highest BCUT2D eigenvalue weighted by Gasteiger charge is 1.85. The van der Waals surface area contributed by atoms with Crippen LogP contribution in [0.2, 0.25) is 0 Å². The van der Waals surface area contributed by atoms with Crippen LogP contribution in [-0.4, -0.2) is 29.4 Å². The largest absolute Gasteiger partial charge is 0.396 e. The third-order valence-corrected chi connectivity index (χ3v) is 0.985. The lowest BCUT2D eigenvalue weighted by atomic mass is 10.3. The molecular weight excluding hydrogens is 174 g/mol. The van der Waals surface area contributed by atoms with Crippen molar-refractivity contribution in [1.82, 2.24) is 0 Å². The van der Waals surface area contributed by atoms with Crippen LogP contribution >= 0.6 is 0 Å². The van der Waals surface area contributed by atoms with Gasteiger partial charge in [0.25, 0.3) is 0 Å². The molecule has 0 aromatic rings. The lowest BCUT2D eigenvalue weighted by Crippen LogP contribution is -2.05. The number of aliphatic hydroxyl groups is 2. The normalized spacial score (nSPS) is 9.23. The number of carbonyl (C=O) groups excluding carboxylic acids is 1. The first-order valence-corrected chi connectivity index (χ1v) is 3.98. The number of nitrogens with two attached hydrogens (primary N) is 1. The monoisotopic (exact) mass is 191 g/mol. The number of carbonyl (C=O) groups is 1. The van der Waals surface area contributed by atoms with Gasteiger partial charge in [0.15, 0.2) is 0 Å². The topological polar surface area (TPSA) is 92.8 Å². The summed E-state index contributed by atoms with van der Waals surface area (Å²) in [6.07, 6.45) is 4.22. The second-order valence-electron chi connectivity index (χ2n) is 2.09. The van der Waals surface area contributed by atoms with Gasteiger partial charge in [-0.1, -0.05) is 6.08 Å². The Kier molecular flexibility index (Phi) is 15.4. The van der Waals surface area contributed by atoms with E-state index < -0.39 is 5.97 Å². The van der Waals surface area contributed by atoms with Crippen LogP contribution < -0.4 is 5.90 Å². The van der Waals surface area contributed by atoms with Gasteiger partial charge in [-0.2, -0.15) is 5.90 Å². The standard InChI is InChI=1S/C4H7NO2.C4H10O2/c1-2-3-4(6)7-5;5-3-1-2-4-6/h2-3H,5H2,1H3;5-6H,1-4H2/b3-2+;. The minimum Gasteiger partial charge on any atom is -0.396 e. The van der Waals surface area contributed by atoms with Crippen molar-refractivity contribution in [3.8, 4) is 0 Å². The van der Waals surface area contributed by atoms with Gasteiger partial charge in [0.2, 0.25) is 0 Å². The summed E-state index contributed by atoms with van der Waals surface area (Å²) >= 11 is 0. The van der Waals surface area contributed by atoms with Crippen molar-refractivity contribution in [1.29, 1.82) is 0 Å². The van der Waals surface area contributed by atoms with Crippen LogP contribution in [0.4, 0.5) is 0 Å². The summed E-state index contributed by atoms with van der Waals surface area (Å²) in [7, 11) is 0. The van der Waals surface area contributed by atoms with Crippen molar-refractivity contribution in [2.75, 3.05) is 13.2 Å². The van der Waals surface area contributed by atoms with E-state index >= 15 is 0 Å². The van der Waals surface area contributed by atoms with Gasteiger partial charge in [0.1, 0.15) is 0 Å². The van der Waals surface area contributed by atoms with Crippen LogP contribution in [0.3, 0.4) is 0 Å². The molecule has 0 bridgehead atoms. The zero-order valence-electron chi connectivity index (χ0n) is 7.77. The summed E-state index contributed by atoms with van der Waals surface area (Å²) in [4.78, 5) is 13.7. The predicted octanol–water partition coefficient (Wildman–Crippen LogP) is -0.269. The quantitative estimate of drug-likeness (QED) is 0.323.